The first kappa shape index (κ1) is 18.5. The second-order valence-electron chi connectivity index (χ2n) is 6.69. The van der Waals surface area contributed by atoms with Gasteiger partial charge in [0.15, 0.2) is 0 Å². The SMILES string of the molecule is CCc1ccc(-n2cc(-c3ccc4[nH]cc(NC(=O)C(=O)NC)c4c3)cn2)cc1. The third-order valence-electron chi connectivity index (χ3n) is 4.89. The van der Waals surface area contributed by atoms with Gasteiger partial charge in [-0.3, -0.25) is 9.59 Å². The molecule has 29 heavy (non-hydrogen) atoms. The Morgan fingerprint density at radius 3 is 2.59 bits per heavy atom. The van der Waals surface area contributed by atoms with Gasteiger partial charge in [0.2, 0.25) is 0 Å². The van der Waals surface area contributed by atoms with Gasteiger partial charge in [-0.25, -0.2) is 4.68 Å². The quantitative estimate of drug-likeness (QED) is 0.469. The number of likely N-dealkylation sites (N-methyl/N-ethyl adjacent to an activating group) is 1. The maximum absolute atomic E-state index is 11.9. The van der Waals surface area contributed by atoms with E-state index in [0.29, 0.717) is 5.69 Å². The lowest BCUT2D eigenvalue weighted by molar-refractivity contribution is -0.135. The van der Waals surface area contributed by atoms with Gasteiger partial charge >= 0.3 is 11.8 Å². The number of rotatable bonds is 4. The lowest BCUT2D eigenvalue weighted by atomic mass is 10.1. The predicted molar refractivity (Wildman–Crippen MR) is 113 cm³/mol. The predicted octanol–water partition coefficient (Wildman–Crippen LogP) is 3.27. The first-order chi connectivity index (χ1) is 14.1. The molecule has 0 saturated heterocycles. The van der Waals surface area contributed by atoms with Crippen LogP contribution in [0.1, 0.15) is 12.5 Å². The number of amides is 2. The zero-order valence-corrected chi connectivity index (χ0v) is 16.2. The fourth-order valence-electron chi connectivity index (χ4n) is 3.19. The summed E-state index contributed by atoms with van der Waals surface area (Å²) in [7, 11) is 1.42. The molecule has 146 valence electrons. The van der Waals surface area contributed by atoms with Crippen molar-refractivity contribution >= 4 is 28.4 Å². The Morgan fingerprint density at radius 1 is 1.07 bits per heavy atom. The number of H-pyrrole nitrogens is 1. The molecule has 0 aliphatic heterocycles. The maximum Gasteiger partial charge on any atom is 0.313 e. The fraction of sp³-hybridized carbons (Fsp3) is 0.136. The van der Waals surface area contributed by atoms with Crippen LogP contribution in [0.15, 0.2) is 61.1 Å². The summed E-state index contributed by atoms with van der Waals surface area (Å²) in [4.78, 5) is 26.5. The molecule has 2 heterocycles. The molecule has 0 fully saturated rings. The molecule has 0 atom stereocenters. The molecule has 2 aromatic heterocycles. The Bertz CT molecular complexity index is 1190. The van der Waals surface area contributed by atoms with Crippen LogP contribution in [0.2, 0.25) is 0 Å². The van der Waals surface area contributed by atoms with Crippen LogP contribution in [-0.4, -0.2) is 33.6 Å². The van der Waals surface area contributed by atoms with Crippen LogP contribution in [0.4, 0.5) is 5.69 Å². The zero-order chi connectivity index (χ0) is 20.4. The molecule has 3 N–H and O–H groups in total. The number of benzene rings is 2. The molecular formula is C22H21N5O2. The van der Waals surface area contributed by atoms with Crippen molar-refractivity contribution in [3.8, 4) is 16.8 Å². The van der Waals surface area contributed by atoms with Gasteiger partial charge in [-0.1, -0.05) is 25.1 Å². The van der Waals surface area contributed by atoms with Gasteiger partial charge in [0, 0.05) is 35.9 Å². The Hall–Kier alpha value is -3.87. The average molecular weight is 387 g/mol. The van der Waals surface area contributed by atoms with E-state index in [4.69, 9.17) is 0 Å². The molecule has 0 unspecified atom stereocenters. The number of anilines is 1. The molecule has 0 bridgehead atoms. The smallest absolute Gasteiger partial charge is 0.313 e. The van der Waals surface area contributed by atoms with Gasteiger partial charge in [0.25, 0.3) is 0 Å². The van der Waals surface area contributed by atoms with E-state index >= 15 is 0 Å². The summed E-state index contributed by atoms with van der Waals surface area (Å²) in [5.74, 6) is -1.40. The van der Waals surface area contributed by atoms with Crippen molar-refractivity contribution in [1.29, 1.82) is 0 Å². The molecule has 0 saturated carbocycles. The number of aryl methyl sites for hydroxylation is 1. The third kappa shape index (κ3) is 3.62. The van der Waals surface area contributed by atoms with Crippen LogP contribution in [0.25, 0.3) is 27.7 Å². The summed E-state index contributed by atoms with van der Waals surface area (Å²) >= 11 is 0. The highest BCUT2D eigenvalue weighted by Crippen LogP contribution is 2.29. The van der Waals surface area contributed by atoms with E-state index in [1.165, 1.54) is 12.6 Å². The van der Waals surface area contributed by atoms with E-state index in [1.807, 2.05) is 35.3 Å². The van der Waals surface area contributed by atoms with Crippen LogP contribution < -0.4 is 10.6 Å². The molecule has 0 aliphatic carbocycles. The zero-order valence-electron chi connectivity index (χ0n) is 16.2. The number of aromatic nitrogens is 3. The molecule has 0 spiro atoms. The van der Waals surface area contributed by atoms with Crippen molar-refractivity contribution in [2.45, 2.75) is 13.3 Å². The van der Waals surface area contributed by atoms with Crippen LogP contribution in [-0.2, 0) is 16.0 Å². The van der Waals surface area contributed by atoms with E-state index in [1.54, 1.807) is 6.20 Å². The molecule has 2 amide bonds. The highest BCUT2D eigenvalue weighted by Gasteiger charge is 2.14. The summed E-state index contributed by atoms with van der Waals surface area (Å²) in [6.07, 6.45) is 6.45. The molecular weight excluding hydrogens is 366 g/mol. The molecule has 0 aliphatic rings. The molecule has 4 aromatic rings. The Labute approximate surface area is 167 Å². The van der Waals surface area contributed by atoms with Gasteiger partial charge in [-0.2, -0.15) is 5.10 Å². The number of carbonyl (C=O) groups is 2. The van der Waals surface area contributed by atoms with E-state index in [0.717, 1.165) is 34.1 Å². The maximum atomic E-state index is 11.9. The second-order valence-corrected chi connectivity index (χ2v) is 6.69. The van der Waals surface area contributed by atoms with E-state index < -0.39 is 11.8 Å². The highest BCUT2D eigenvalue weighted by molar-refractivity contribution is 6.40. The lowest BCUT2D eigenvalue weighted by Gasteiger charge is -2.04. The van der Waals surface area contributed by atoms with Crippen molar-refractivity contribution in [1.82, 2.24) is 20.1 Å². The van der Waals surface area contributed by atoms with Crippen LogP contribution >= 0.6 is 0 Å². The van der Waals surface area contributed by atoms with Crippen LogP contribution in [0.5, 0.6) is 0 Å². The van der Waals surface area contributed by atoms with Crippen molar-refractivity contribution in [2.24, 2.45) is 0 Å². The summed E-state index contributed by atoms with van der Waals surface area (Å²) in [6, 6.07) is 14.2. The molecule has 7 heteroatoms. The minimum atomic E-state index is -0.706. The van der Waals surface area contributed by atoms with Crippen LogP contribution in [0.3, 0.4) is 0 Å². The normalized spacial score (nSPS) is 10.8. The summed E-state index contributed by atoms with van der Waals surface area (Å²) in [6.45, 7) is 2.13. The number of nitrogens with zero attached hydrogens (tertiary/aromatic N) is 2. The van der Waals surface area contributed by atoms with Gasteiger partial charge < -0.3 is 15.6 Å². The standard InChI is InChI=1S/C22H21N5O2/c1-3-14-4-7-17(8-5-14)27-13-16(11-25-27)15-6-9-19-18(10-15)20(12-24-19)26-22(29)21(28)23-2/h4-13,24H,3H2,1-2H3,(H,23,28)(H,26,29). The highest BCUT2D eigenvalue weighted by atomic mass is 16.2. The van der Waals surface area contributed by atoms with Crippen molar-refractivity contribution in [2.75, 3.05) is 12.4 Å². The van der Waals surface area contributed by atoms with E-state index in [9.17, 15) is 9.59 Å². The van der Waals surface area contributed by atoms with Gasteiger partial charge in [0.05, 0.1) is 17.6 Å². The lowest BCUT2D eigenvalue weighted by Crippen LogP contribution is -2.32. The summed E-state index contributed by atoms with van der Waals surface area (Å²) in [5.41, 5.74) is 5.61. The average Bonchev–Trinajstić information content (AvgIpc) is 3.40. The fourth-order valence-corrected chi connectivity index (χ4v) is 3.19. The Balaban J connectivity index is 1.64. The number of fused-ring (bicyclic) bond motifs is 1. The Kier molecular flexibility index (Phi) is 4.87. The molecule has 0 radical (unpaired) electrons. The minimum absolute atomic E-state index is 0.554. The number of hydrogen-bond acceptors (Lipinski definition) is 3. The first-order valence-electron chi connectivity index (χ1n) is 9.37. The number of nitrogens with one attached hydrogen (secondary N) is 3. The minimum Gasteiger partial charge on any atom is -0.359 e. The third-order valence-corrected chi connectivity index (χ3v) is 4.89. The first-order valence-corrected chi connectivity index (χ1v) is 9.37. The second kappa shape index (κ2) is 7.63. The molecule has 4 rings (SSSR count). The van der Waals surface area contributed by atoms with Crippen molar-refractivity contribution in [3.05, 3.63) is 66.6 Å². The van der Waals surface area contributed by atoms with Gasteiger partial charge in [-0.15, -0.1) is 0 Å². The van der Waals surface area contributed by atoms with Gasteiger partial charge in [0.1, 0.15) is 0 Å². The monoisotopic (exact) mass is 387 g/mol. The van der Waals surface area contributed by atoms with Crippen molar-refractivity contribution < 1.29 is 9.59 Å². The summed E-state index contributed by atoms with van der Waals surface area (Å²) in [5, 5.41) is 10.2. The molecule has 7 nitrogen and oxygen atoms in total. The van der Waals surface area contributed by atoms with Gasteiger partial charge in [-0.05, 0) is 41.8 Å². The Morgan fingerprint density at radius 2 is 1.86 bits per heavy atom. The number of hydrogen-bond donors (Lipinski definition) is 3. The van der Waals surface area contributed by atoms with E-state index in [2.05, 4.69) is 51.9 Å². The number of aromatic amines is 1. The largest absolute Gasteiger partial charge is 0.359 e. The van der Waals surface area contributed by atoms with Crippen LogP contribution in [0, 0.1) is 0 Å². The van der Waals surface area contributed by atoms with E-state index in [-0.39, 0.29) is 0 Å². The number of carbonyl (C=O) groups excluding carboxylic acids is 2. The topological polar surface area (TPSA) is 91.8 Å². The van der Waals surface area contributed by atoms with Crippen molar-refractivity contribution in [3.63, 3.8) is 0 Å². The molecule has 2 aromatic carbocycles. The summed E-state index contributed by atoms with van der Waals surface area (Å²) < 4.78 is 1.84.